The maximum absolute atomic E-state index is 13.6. The number of carbonyl (C=O) groups is 1. The number of hydrogen-bond acceptors (Lipinski definition) is 1. The van der Waals surface area contributed by atoms with E-state index >= 15 is 0 Å². The van der Waals surface area contributed by atoms with Gasteiger partial charge in [0.05, 0.1) is 0 Å². The highest BCUT2D eigenvalue weighted by atomic mass is 19.1. The zero-order valence-corrected chi connectivity index (χ0v) is 11.7. The van der Waals surface area contributed by atoms with Crippen LogP contribution in [0.2, 0.25) is 0 Å². The summed E-state index contributed by atoms with van der Waals surface area (Å²) in [5, 5.41) is 0.944. The normalized spacial score (nSPS) is 18.2. The Bertz CT molecular complexity index is 675. The van der Waals surface area contributed by atoms with Crippen molar-refractivity contribution in [2.45, 2.75) is 39.2 Å². The Morgan fingerprint density at radius 1 is 1.50 bits per heavy atom. The lowest BCUT2D eigenvalue weighted by Crippen LogP contribution is -2.29. The first-order chi connectivity index (χ1) is 9.61. The van der Waals surface area contributed by atoms with Crippen molar-refractivity contribution >= 4 is 16.8 Å². The van der Waals surface area contributed by atoms with Crippen LogP contribution in [0.3, 0.4) is 0 Å². The third-order valence-corrected chi connectivity index (χ3v) is 4.28. The van der Waals surface area contributed by atoms with E-state index in [9.17, 15) is 9.18 Å². The Kier molecular flexibility index (Phi) is 3.24. The fourth-order valence-corrected chi connectivity index (χ4v) is 3.34. The van der Waals surface area contributed by atoms with Crippen LogP contribution < -0.4 is 5.73 Å². The van der Waals surface area contributed by atoms with Gasteiger partial charge in [-0.2, -0.15) is 0 Å². The second-order valence-electron chi connectivity index (χ2n) is 5.58. The van der Waals surface area contributed by atoms with Gasteiger partial charge in [-0.25, -0.2) is 4.39 Å². The third-order valence-electron chi connectivity index (χ3n) is 4.28. The van der Waals surface area contributed by atoms with Gasteiger partial charge in [-0.1, -0.05) is 6.92 Å². The Hall–Kier alpha value is -1.84. The molecule has 0 radical (unpaired) electrons. The first kappa shape index (κ1) is 13.2. The summed E-state index contributed by atoms with van der Waals surface area (Å²) in [6, 6.07) is 4.94. The van der Waals surface area contributed by atoms with Crippen molar-refractivity contribution in [3.05, 3.63) is 35.3 Å². The zero-order chi connectivity index (χ0) is 14.3. The van der Waals surface area contributed by atoms with Crippen LogP contribution in [-0.4, -0.2) is 10.5 Å². The van der Waals surface area contributed by atoms with E-state index in [0.717, 1.165) is 42.3 Å². The minimum atomic E-state index is -0.247. The number of halogens is 1. The van der Waals surface area contributed by atoms with Gasteiger partial charge in [0.2, 0.25) is 5.91 Å². The Morgan fingerprint density at radius 2 is 2.30 bits per heavy atom. The second kappa shape index (κ2) is 4.93. The van der Waals surface area contributed by atoms with Gasteiger partial charge in [0.1, 0.15) is 5.82 Å². The highest BCUT2D eigenvalue weighted by Crippen LogP contribution is 2.34. The van der Waals surface area contributed by atoms with Crippen LogP contribution in [0, 0.1) is 11.7 Å². The lowest BCUT2D eigenvalue weighted by atomic mass is 9.86. The molecule has 3 nitrogen and oxygen atoms in total. The molecule has 1 heterocycles. The lowest BCUT2D eigenvalue weighted by Gasteiger charge is -2.21. The molecule has 1 atom stereocenters. The quantitative estimate of drug-likeness (QED) is 0.919. The molecule has 2 aromatic rings. The van der Waals surface area contributed by atoms with Crippen LogP contribution in [0.25, 0.3) is 10.9 Å². The molecule has 0 saturated carbocycles. The molecule has 0 saturated heterocycles. The van der Waals surface area contributed by atoms with Crippen molar-refractivity contribution in [1.29, 1.82) is 0 Å². The summed E-state index contributed by atoms with van der Waals surface area (Å²) in [6.45, 7) is 3.06. The molecule has 1 unspecified atom stereocenters. The molecule has 20 heavy (non-hydrogen) atoms. The van der Waals surface area contributed by atoms with E-state index in [4.69, 9.17) is 5.73 Å². The molecule has 1 aliphatic rings. The molecule has 2 N–H and O–H groups in total. The van der Waals surface area contributed by atoms with Crippen LogP contribution in [0.4, 0.5) is 4.39 Å². The largest absolute Gasteiger partial charge is 0.369 e. The summed E-state index contributed by atoms with van der Waals surface area (Å²) < 4.78 is 15.8. The molecule has 0 aliphatic heterocycles. The third kappa shape index (κ3) is 1.99. The van der Waals surface area contributed by atoms with E-state index in [-0.39, 0.29) is 17.6 Å². The summed E-state index contributed by atoms with van der Waals surface area (Å²) in [4.78, 5) is 11.4. The number of nitrogens with two attached hydrogens (primary N) is 1. The highest BCUT2D eigenvalue weighted by molar-refractivity contribution is 5.87. The van der Waals surface area contributed by atoms with Crippen molar-refractivity contribution in [2.75, 3.05) is 0 Å². The van der Waals surface area contributed by atoms with Crippen LogP contribution in [-0.2, 0) is 24.2 Å². The number of carbonyl (C=O) groups excluding carboxylic acids is 1. The van der Waals surface area contributed by atoms with Gasteiger partial charge < -0.3 is 10.3 Å². The Morgan fingerprint density at radius 3 is 3.00 bits per heavy atom. The molecular formula is C16H19FN2O. The average molecular weight is 274 g/mol. The van der Waals surface area contributed by atoms with Gasteiger partial charge in [0.25, 0.3) is 0 Å². The smallest absolute Gasteiger partial charge is 0.220 e. The van der Waals surface area contributed by atoms with E-state index in [0.29, 0.717) is 6.42 Å². The maximum Gasteiger partial charge on any atom is 0.220 e. The van der Waals surface area contributed by atoms with E-state index < -0.39 is 0 Å². The summed E-state index contributed by atoms with van der Waals surface area (Å²) in [6.07, 6.45) is 3.32. The average Bonchev–Trinajstić information content (AvgIpc) is 2.73. The molecule has 1 amide bonds. The topological polar surface area (TPSA) is 48.0 Å². The van der Waals surface area contributed by atoms with Gasteiger partial charge in [-0.3, -0.25) is 4.79 Å². The summed E-state index contributed by atoms with van der Waals surface area (Å²) >= 11 is 0. The number of rotatable bonds is 3. The summed E-state index contributed by atoms with van der Waals surface area (Å²) in [5.41, 5.74) is 8.88. The van der Waals surface area contributed by atoms with Crippen molar-refractivity contribution in [1.82, 2.24) is 4.57 Å². The van der Waals surface area contributed by atoms with Crippen molar-refractivity contribution < 1.29 is 9.18 Å². The maximum atomic E-state index is 13.6. The van der Waals surface area contributed by atoms with Crippen LogP contribution in [0.1, 0.15) is 31.0 Å². The number of nitrogens with zero attached hydrogens (tertiary/aromatic N) is 1. The fourth-order valence-electron chi connectivity index (χ4n) is 3.34. The van der Waals surface area contributed by atoms with Crippen LogP contribution in [0.15, 0.2) is 18.2 Å². The van der Waals surface area contributed by atoms with Gasteiger partial charge in [-0.05, 0) is 49.4 Å². The van der Waals surface area contributed by atoms with E-state index in [1.54, 1.807) is 6.07 Å². The number of benzene rings is 1. The monoisotopic (exact) mass is 274 g/mol. The first-order valence-corrected chi connectivity index (χ1v) is 7.20. The molecule has 4 heteroatoms. The number of aryl methyl sites for hydroxylation is 1. The molecule has 1 aliphatic carbocycles. The number of aromatic nitrogens is 1. The van der Waals surface area contributed by atoms with Gasteiger partial charge in [0.15, 0.2) is 0 Å². The van der Waals surface area contributed by atoms with Crippen molar-refractivity contribution in [3.8, 4) is 0 Å². The molecular weight excluding hydrogens is 255 g/mol. The van der Waals surface area contributed by atoms with Crippen molar-refractivity contribution in [2.24, 2.45) is 11.7 Å². The second-order valence-corrected chi connectivity index (χ2v) is 5.58. The minimum absolute atomic E-state index is 0.119. The molecule has 0 fully saturated rings. The predicted molar refractivity (Wildman–Crippen MR) is 76.9 cm³/mol. The Labute approximate surface area is 117 Å². The number of fused-ring (bicyclic) bond motifs is 3. The minimum Gasteiger partial charge on any atom is -0.369 e. The highest BCUT2D eigenvalue weighted by Gasteiger charge is 2.28. The number of hydrogen-bond donors (Lipinski definition) is 1. The van der Waals surface area contributed by atoms with Crippen LogP contribution in [0.5, 0.6) is 0 Å². The van der Waals surface area contributed by atoms with Crippen molar-refractivity contribution in [3.63, 3.8) is 0 Å². The SMILES string of the molecule is CCCn1c2c(c3cc(F)ccc31)CC(C(N)=O)CC2. The summed E-state index contributed by atoms with van der Waals surface area (Å²) in [5.74, 6) is -0.593. The first-order valence-electron chi connectivity index (χ1n) is 7.20. The van der Waals surface area contributed by atoms with Gasteiger partial charge >= 0.3 is 0 Å². The number of primary amides is 1. The van der Waals surface area contributed by atoms with Gasteiger partial charge in [0, 0.05) is 29.1 Å². The standard InChI is InChI=1S/C16H19FN2O/c1-2-7-19-14-5-3-10(16(18)20)8-12(14)13-9-11(17)4-6-15(13)19/h4,6,9-10H,2-3,5,7-8H2,1H3,(H2,18,20). The molecule has 1 aromatic carbocycles. The van der Waals surface area contributed by atoms with Gasteiger partial charge in [-0.15, -0.1) is 0 Å². The van der Waals surface area contributed by atoms with Crippen LogP contribution >= 0.6 is 0 Å². The summed E-state index contributed by atoms with van der Waals surface area (Å²) in [7, 11) is 0. The molecule has 3 rings (SSSR count). The number of amides is 1. The molecule has 1 aromatic heterocycles. The molecule has 0 bridgehead atoms. The molecule has 106 valence electrons. The molecule has 0 spiro atoms. The lowest BCUT2D eigenvalue weighted by molar-refractivity contribution is -0.122. The van der Waals surface area contributed by atoms with E-state index in [1.807, 2.05) is 6.07 Å². The van der Waals surface area contributed by atoms with E-state index in [1.165, 1.54) is 11.8 Å². The Balaban J connectivity index is 2.19. The fraction of sp³-hybridized carbons (Fsp3) is 0.438. The zero-order valence-electron chi connectivity index (χ0n) is 11.7. The van der Waals surface area contributed by atoms with E-state index in [2.05, 4.69) is 11.5 Å². The predicted octanol–water partition coefficient (Wildman–Crippen LogP) is 2.78.